The van der Waals surface area contributed by atoms with Gasteiger partial charge in [-0.3, -0.25) is 0 Å². The summed E-state index contributed by atoms with van der Waals surface area (Å²) in [5.41, 5.74) is 0. The molecule has 0 saturated carbocycles. The van der Waals surface area contributed by atoms with Crippen LogP contribution < -0.4 is 0 Å². The number of nitrogens with zero attached hydrogens (tertiary/aromatic N) is 1. The fourth-order valence-electron chi connectivity index (χ4n) is 0.968. The van der Waals surface area contributed by atoms with Crippen molar-refractivity contribution in [2.24, 2.45) is 0 Å². The van der Waals surface area contributed by atoms with E-state index in [1.54, 1.807) is 6.20 Å². The molecule has 0 saturated heterocycles. The van der Waals surface area contributed by atoms with Gasteiger partial charge in [-0.25, -0.2) is 4.39 Å². The van der Waals surface area contributed by atoms with Crippen molar-refractivity contribution in [2.75, 3.05) is 13.1 Å². The average Bonchev–Trinajstić information content (AvgIpc) is 2.13. The highest BCUT2D eigenvalue weighted by Crippen LogP contribution is 2.07. The van der Waals surface area contributed by atoms with Crippen molar-refractivity contribution in [1.29, 1.82) is 0 Å². The SMILES string of the molecule is CCN1C=C(F)C=CCC1. The topological polar surface area (TPSA) is 3.24 Å². The van der Waals surface area contributed by atoms with Crippen LogP contribution in [0.4, 0.5) is 4.39 Å². The molecule has 0 aromatic carbocycles. The van der Waals surface area contributed by atoms with Gasteiger partial charge < -0.3 is 4.90 Å². The van der Waals surface area contributed by atoms with E-state index in [9.17, 15) is 4.39 Å². The zero-order valence-corrected chi connectivity index (χ0v) is 6.18. The monoisotopic (exact) mass is 141 g/mol. The normalized spacial score (nSPS) is 18.6. The molecule has 0 unspecified atom stereocenters. The van der Waals surface area contributed by atoms with Gasteiger partial charge >= 0.3 is 0 Å². The first kappa shape index (κ1) is 7.32. The van der Waals surface area contributed by atoms with Gasteiger partial charge in [-0.2, -0.15) is 0 Å². The predicted molar refractivity (Wildman–Crippen MR) is 40.2 cm³/mol. The molecule has 1 nitrogen and oxygen atoms in total. The fraction of sp³-hybridized carbons (Fsp3) is 0.500. The van der Waals surface area contributed by atoms with E-state index < -0.39 is 0 Å². The Hall–Kier alpha value is -0.790. The standard InChI is InChI=1S/C8H12FN/c1-2-10-6-4-3-5-8(9)7-10/h3,5,7H,2,4,6H2,1H3. The molecule has 0 aromatic heterocycles. The highest BCUT2D eigenvalue weighted by atomic mass is 19.1. The average molecular weight is 141 g/mol. The van der Waals surface area contributed by atoms with Gasteiger partial charge in [-0.05, 0) is 19.4 Å². The molecular formula is C8H12FN. The van der Waals surface area contributed by atoms with E-state index in [0.29, 0.717) is 0 Å². The lowest BCUT2D eigenvalue weighted by molar-refractivity contribution is 0.396. The lowest BCUT2D eigenvalue weighted by Crippen LogP contribution is -2.16. The second-order valence-corrected chi connectivity index (χ2v) is 2.33. The van der Waals surface area contributed by atoms with Crippen LogP contribution in [-0.2, 0) is 0 Å². The number of hydrogen-bond donors (Lipinski definition) is 0. The summed E-state index contributed by atoms with van der Waals surface area (Å²) < 4.78 is 12.6. The molecule has 0 N–H and O–H groups in total. The fourth-order valence-corrected chi connectivity index (χ4v) is 0.968. The quantitative estimate of drug-likeness (QED) is 0.540. The van der Waals surface area contributed by atoms with E-state index in [2.05, 4.69) is 0 Å². The van der Waals surface area contributed by atoms with Crippen molar-refractivity contribution in [3.05, 3.63) is 24.2 Å². The Kier molecular flexibility index (Phi) is 2.49. The second kappa shape index (κ2) is 3.40. The largest absolute Gasteiger partial charge is 0.375 e. The summed E-state index contributed by atoms with van der Waals surface area (Å²) in [6.45, 7) is 3.84. The summed E-state index contributed by atoms with van der Waals surface area (Å²) in [6.07, 6.45) is 5.89. The maximum Gasteiger partial charge on any atom is 0.138 e. The summed E-state index contributed by atoms with van der Waals surface area (Å²) in [5.74, 6) is -0.139. The molecule has 0 aliphatic carbocycles. The van der Waals surface area contributed by atoms with Crippen LogP contribution in [0.1, 0.15) is 13.3 Å². The molecule has 0 bridgehead atoms. The summed E-state index contributed by atoms with van der Waals surface area (Å²) in [5, 5.41) is 0. The minimum absolute atomic E-state index is 0.139. The van der Waals surface area contributed by atoms with Gasteiger partial charge in [-0.1, -0.05) is 6.08 Å². The van der Waals surface area contributed by atoms with Gasteiger partial charge in [0.15, 0.2) is 0 Å². The Labute approximate surface area is 60.8 Å². The molecule has 0 atom stereocenters. The van der Waals surface area contributed by atoms with Gasteiger partial charge in [-0.15, -0.1) is 0 Å². The van der Waals surface area contributed by atoms with E-state index >= 15 is 0 Å². The van der Waals surface area contributed by atoms with E-state index in [1.165, 1.54) is 6.08 Å². The summed E-state index contributed by atoms with van der Waals surface area (Å²) in [4.78, 5) is 1.97. The Morgan fingerprint density at radius 2 is 2.50 bits per heavy atom. The second-order valence-electron chi connectivity index (χ2n) is 2.33. The maximum atomic E-state index is 12.6. The van der Waals surface area contributed by atoms with Gasteiger partial charge in [0.2, 0.25) is 0 Å². The molecule has 0 aromatic rings. The lowest BCUT2D eigenvalue weighted by Gasteiger charge is -2.14. The van der Waals surface area contributed by atoms with Gasteiger partial charge in [0.25, 0.3) is 0 Å². The summed E-state index contributed by atoms with van der Waals surface area (Å²) in [6, 6.07) is 0. The van der Waals surface area contributed by atoms with Gasteiger partial charge in [0, 0.05) is 19.3 Å². The first-order valence-corrected chi connectivity index (χ1v) is 3.61. The highest BCUT2D eigenvalue weighted by molar-refractivity contribution is 5.12. The lowest BCUT2D eigenvalue weighted by atomic mass is 10.4. The predicted octanol–water partition coefficient (Wildman–Crippen LogP) is 2.08. The molecule has 0 amide bonds. The molecule has 10 heavy (non-hydrogen) atoms. The van der Waals surface area contributed by atoms with Crippen LogP contribution in [0.25, 0.3) is 0 Å². The smallest absolute Gasteiger partial charge is 0.138 e. The van der Waals surface area contributed by atoms with E-state index in [0.717, 1.165) is 19.5 Å². The zero-order valence-electron chi connectivity index (χ0n) is 6.18. The van der Waals surface area contributed by atoms with E-state index in [1.807, 2.05) is 17.9 Å². The molecule has 0 radical (unpaired) electrons. The number of hydrogen-bond acceptors (Lipinski definition) is 1. The Bertz CT molecular complexity index is 161. The highest BCUT2D eigenvalue weighted by Gasteiger charge is 2.00. The van der Waals surface area contributed by atoms with Crippen LogP contribution in [0, 0.1) is 0 Å². The van der Waals surface area contributed by atoms with Crippen LogP contribution >= 0.6 is 0 Å². The van der Waals surface area contributed by atoms with E-state index in [-0.39, 0.29) is 5.83 Å². The van der Waals surface area contributed by atoms with Crippen LogP contribution in [0.2, 0.25) is 0 Å². The van der Waals surface area contributed by atoms with Crippen molar-refractivity contribution >= 4 is 0 Å². The van der Waals surface area contributed by atoms with Crippen LogP contribution in [-0.4, -0.2) is 18.0 Å². The van der Waals surface area contributed by atoms with Crippen molar-refractivity contribution in [2.45, 2.75) is 13.3 Å². The van der Waals surface area contributed by atoms with Gasteiger partial charge in [0.05, 0.1) is 0 Å². The Morgan fingerprint density at radius 1 is 1.70 bits per heavy atom. The molecule has 56 valence electrons. The number of rotatable bonds is 1. The molecule has 1 aliphatic rings. The zero-order chi connectivity index (χ0) is 7.40. The van der Waals surface area contributed by atoms with E-state index in [4.69, 9.17) is 0 Å². The third kappa shape index (κ3) is 1.87. The third-order valence-corrected chi connectivity index (χ3v) is 1.57. The molecule has 0 spiro atoms. The van der Waals surface area contributed by atoms with Crippen molar-refractivity contribution in [3.8, 4) is 0 Å². The minimum Gasteiger partial charge on any atom is -0.375 e. The van der Waals surface area contributed by atoms with Crippen LogP contribution in [0.3, 0.4) is 0 Å². The van der Waals surface area contributed by atoms with Crippen LogP contribution in [0.5, 0.6) is 0 Å². The Morgan fingerprint density at radius 3 is 3.20 bits per heavy atom. The Balaban J connectivity index is 2.58. The van der Waals surface area contributed by atoms with Crippen LogP contribution in [0.15, 0.2) is 24.2 Å². The molecule has 2 heteroatoms. The maximum absolute atomic E-state index is 12.6. The van der Waals surface area contributed by atoms with Crippen molar-refractivity contribution in [1.82, 2.24) is 4.90 Å². The summed E-state index contributed by atoms with van der Waals surface area (Å²) >= 11 is 0. The number of halogens is 1. The first-order chi connectivity index (χ1) is 4.83. The van der Waals surface area contributed by atoms with Crippen molar-refractivity contribution in [3.63, 3.8) is 0 Å². The molecule has 1 rings (SSSR count). The van der Waals surface area contributed by atoms with Crippen molar-refractivity contribution < 1.29 is 4.39 Å². The molecule has 1 aliphatic heterocycles. The van der Waals surface area contributed by atoms with Gasteiger partial charge in [0.1, 0.15) is 5.83 Å². The number of allylic oxidation sites excluding steroid dienone is 2. The summed E-state index contributed by atoms with van der Waals surface area (Å²) in [7, 11) is 0. The third-order valence-electron chi connectivity index (χ3n) is 1.57. The molecular weight excluding hydrogens is 129 g/mol. The molecule has 0 fully saturated rings. The molecule has 1 heterocycles. The first-order valence-electron chi connectivity index (χ1n) is 3.61. The minimum atomic E-state index is -0.139.